The Labute approximate surface area is 73.8 Å². The van der Waals surface area contributed by atoms with Crippen molar-refractivity contribution >= 4 is 24.8 Å². The van der Waals surface area contributed by atoms with Crippen molar-refractivity contribution in [3.63, 3.8) is 0 Å². The van der Waals surface area contributed by atoms with Crippen molar-refractivity contribution in [1.82, 2.24) is 0 Å². The molecule has 0 spiro atoms. The fourth-order valence-corrected chi connectivity index (χ4v) is 0.951. The van der Waals surface area contributed by atoms with Gasteiger partial charge in [0, 0.05) is 6.61 Å². The standard InChI is InChI=1S/C6H12O2.2ClH/c7-5-6-3-1-2-4-8-6;;/h6-7H,1-5H2;2*1H. The summed E-state index contributed by atoms with van der Waals surface area (Å²) in [6, 6.07) is 0. The zero-order valence-corrected chi connectivity index (χ0v) is 7.42. The molecule has 0 radical (unpaired) electrons. The third-order valence-corrected chi connectivity index (χ3v) is 1.48. The molecule has 1 saturated heterocycles. The van der Waals surface area contributed by atoms with Gasteiger partial charge in [0.15, 0.2) is 0 Å². The van der Waals surface area contributed by atoms with Crippen LogP contribution in [0.3, 0.4) is 0 Å². The van der Waals surface area contributed by atoms with E-state index in [1.807, 2.05) is 0 Å². The molecule has 1 rings (SSSR count). The van der Waals surface area contributed by atoms with Crippen LogP contribution in [0.4, 0.5) is 0 Å². The van der Waals surface area contributed by atoms with Crippen molar-refractivity contribution in [1.29, 1.82) is 0 Å². The van der Waals surface area contributed by atoms with Crippen LogP contribution in [0.1, 0.15) is 19.3 Å². The molecule has 0 saturated carbocycles. The van der Waals surface area contributed by atoms with Gasteiger partial charge in [0.05, 0.1) is 12.7 Å². The summed E-state index contributed by atoms with van der Waals surface area (Å²) in [6.07, 6.45) is 3.56. The smallest absolute Gasteiger partial charge is 0.0805 e. The molecule has 0 aliphatic carbocycles. The largest absolute Gasteiger partial charge is 0.394 e. The Morgan fingerprint density at radius 1 is 1.30 bits per heavy atom. The van der Waals surface area contributed by atoms with Gasteiger partial charge >= 0.3 is 0 Å². The molecule has 0 aromatic carbocycles. The first-order valence-electron chi connectivity index (χ1n) is 3.16. The zero-order valence-electron chi connectivity index (χ0n) is 5.78. The Morgan fingerprint density at radius 2 is 2.00 bits per heavy atom. The number of rotatable bonds is 1. The first kappa shape index (κ1) is 13.1. The van der Waals surface area contributed by atoms with Crippen molar-refractivity contribution in [2.45, 2.75) is 25.4 Å². The van der Waals surface area contributed by atoms with Gasteiger partial charge in [-0.1, -0.05) is 0 Å². The maximum atomic E-state index is 8.57. The van der Waals surface area contributed by atoms with Crippen molar-refractivity contribution in [2.24, 2.45) is 0 Å². The quantitative estimate of drug-likeness (QED) is 0.675. The molecule has 1 unspecified atom stereocenters. The minimum atomic E-state index is 0. The lowest BCUT2D eigenvalue weighted by atomic mass is 10.1. The van der Waals surface area contributed by atoms with E-state index >= 15 is 0 Å². The van der Waals surface area contributed by atoms with Crippen LogP contribution in [0.15, 0.2) is 0 Å². The van der Waals surface area contributed by atoms with E-state index in [0.29, 0.717) is 0 Å². The van der Waals surface area contributed by atoms with Crippen LogP contribution >= 0.6 is 24.8 Å². The summed E-state index contributed by atoms with van der Waals surface area (Å²) in [6.45, 7) is 1.03. The number of hydrogen-bond acceptors (Lipinski definition) is 2. The van der Waals surface area contributed by atoms with Gasteiger partial charge in [-0.15, -0.1) is 24.8 Å². The number of ether oxygens (including phenoxy) is 1. The Morgan fingerprint density at radius 3 is 2.30 bits per heavy atom. The molecule has 64 valence electrons. The molecular weight excluding hydrogens is 175 g/mol. The van der Waals surface area contributed by atoms with Crippen molar-refractivity contribution < 1.29 is 9.84 Å². The predicted octanol–water partition coefficient (Wildman–Crippen LogP) is 1.39. The van der Waals surface area contributed by atoms with Gasteiger partial charge in [-0.25, -0.2) is 0 Å². The molecular formula is C6H14Cl2O2. The summed E-state index contributed by atoms with van der Waals surface area (Å²) < 4.78 is 5.18. The van der Waals surface area contributed by atoms with Gasteiger partial charge in [-0.3, -0.25) is 0 Å². The molecule has 10 heavy (non-hydrogen) atoms. The molecule has 1 fully saturated rings. The number of hydrogen-bond donors (Lipinski definition) is 1. The van der Waals surface area contributed by atoms with Gasteiger partial charge in [-0.05, 0) is 19.3 Å². The summed E-state index contributed by atoms with van der Waals surface area (Å²) in [5.41, 5.74) is 0. The second kappa shape index (κ2) is 7.61. The third-order valence-electron chi connectivity index (χ3n) is 1.48. The monoisotopic (exact) mass is 188 g/mol. The summed E-state index contributed by atoms with van der Waals surface area (Å²) in [5, 5.41) is 8.57. The molecule has 1 N–H and O–H groups in total. The Kier molecular flexibility index (Phi) is 9.97. The highest BCUT2D eigenvalue weighted by Gasteiger charge is 2.10. The van der Waals surface area contributed by atoms with Crippen LogP contribution in [0.5, 0.6) is 0 Å². The van der Waals surface area contributed by atoms with E-state index in [-0.39, 0.29) is 37.5 Å². The second-order valence-electron chi connectivity index (χ2n) is 2.17. The van der Waals surface area contributed by atoms with E-state index in [9.17, 15) is 0 Å². The molecule has 0 aromatic heterocycles. The van der Waals surface area contributed by atoms with Crippen LogP contribution in [-0.2, 0) is 4.74 Å². The number of aliphatic hydroxyl groups excluding tert-OH is 1. The zero-order chi connectivity index (χ0) is 5.82. The topological polar surface area (TPSA) is 29.5 Å². The summed E-state index contributed by atoms with van der Waals surface area (Å²) in [4.78, 5) is 0. The Bertz CT molecular complexity index is 64.8. The van der Waals surface area contributed by atoms with Gasteiger partial charge in [0.1, 0.15) is 0 Å². The summed E-state index contributed by atoms with van der Waals surface area (Å²) in [7, 11) is 0. The SMILES string of the molecule is Cl.Cl.OCC1CCCCO1. The molecule has 1 aliphatic heterocycles. The molecule has 4 heteroatoms. The maximum absolute atomic E-state index is 8.57. The minimum absolute atomic E-state index is 0. The molecule has 1 aliphatic rings. The first-order chi connectivity index (χ1) is 3.93. The fraction of sp³-hybridized carbons (Fsp3) is 1.00. The third kappa shape index (κ3) is 4.34. The minimum Gasteiger partial charge on any atom is -0.394 e. The molecule has 0 bridgehead atoms. The van der Waals surface area contributed by atoms with Crippen LogP contribution < -0.4 is 0 Å². The summed E-state index contributed by atoms with van der Waals surface area (Å²) in [5.74, 6) is 0. The highest BCUT2D eigenvalue weighted by Crippen LogP contribution is 2.10. The van der Waals surface area contributed by atoms with Crippen LogP contribution in [-0.4, -0.2) is 24.4 Å². The summed E-state index contributed by atoms with van der Waals surface area (Å²) >= 11 is 0. The van der Waals surface area contributed by atoms with E-state index < -0.39 is 0 Å². The van der Waals surface area contributed by atoms with Crippen LogP contribution in [0.25, 0.3) is 0 Å². The van der Waals surface area contributed by atoms with Gasteiger partial charge in [0.25, 0.3) is 0 Å². The van der Waals surface area contributed by atoms with Gasteiger partial charge < -0.3 is 9.84 Å². The molecule has 1 atom stereocenters. The number of halogens is 2. The molecule has 2 nitrogen and oxygen atoms in total. The van der Waals surface area contributed by atoms with Gasteiger partial charge in [0.2, 0.25) is 0 Å². The average Bonchev–Trinajstić information content (AvgIpc) is 1.90. The highest BCUT2D eigenvalue weighted by molar-refractivity contribution is 5.85. The predicted molar refractivity (Wildman–Crippen MR) is 45.2 cm³/mol. The lowest BCUT2D eigenvalue weighted by Gasteiger charge is -2.19. The van der Waals surface area contributed by atoms with E-state index in [1.54, 1.807) is 0 Å². The lowest BCUT2D eigenvalue weighted by molar-refractivity contribution is -0.0172. The average molecular weight is 189 g/mol. The van der Waals surface area contributed by atoms with Crippen molar-refractivity contribution in [2.75, 3.05) is 13.2 Å². The molecule has 1 heterocycles. The van der Waals surface area contributed by atoms with Crippen LogP contribution in [0, 0.1) is 0 Å². The van der Waals surface area contributed by atoms with E-state index in [4.69, 9.17) is 9.84 Å². The fourth-order valence-electron chi connectivity index (χ4n) is 0.951. The normalized spacial score (nSPS) is 24.3. The van der Waals surface area contributed by atoms with E-state index in [0.717, 1.165) is 19.4 Å². The first-order valence-corrected chi connectivity index (χ1v) is 3.16. The second-order valence-corrected chi connectivity index (χ2v) is 2.17. The van der Waals surface area contributed by atoms with E-state index in [1.165, 1.54) is 6.42 Å². The molecule has 0 amide bonds. The molecule has 0 aromatic rings. The highest BCUT2D eigenvalue weighted by atomic mass is 35.5. The Hall–Kier alpha value is 0.500. The van der Waals surface area contributed by atoms with Crippen molar-refractivity contribution in [3.8, 4) is 0 Å². The van der Waals surface area contributed by atoms with E-state index in [2.05, 4.69) is 0 Å². The lowest BCUT2D eigenvalue weighted by Crippen LogP contribution is -2.22. The van der Waals surface area contributed by atoms with Gasteiger partial charge in [-0.2, -0.15) is 0 Å². The van der Waals surface area contributed by atoms with Crippen LogP contribution in [0.2, 0.25) is 0 Å². The Balaban J connectivity index is 0. The maximum Gasteiger partial charge on any atom is 0.0805 e. The van der Waals surface area contributed by atoms with Crippen molar-refractivity contribution in [3.05, 3.63) is 0 Å². The number of aliphatic hydroxyl groups is 1.